The molecule has 9 nitrogen and oxygen atoms in total. The quantitative estimate of drug-likeness (QED) is 0.140. The van der Waals surface area contributed by atoms with Gasteiger partial charge >= 0.3 is 11.9 Å². The number of carboxylic acids is 1. The van der Waals surface area contributed by atoms with Crippen molar-refractivity contribution in [2.24, 2.45) is 0 Å². The zero-order valence-electron chi connectivity index (χ0n) is 20.6. The smallest absolute Gasteiger partial charge is 0.305 e. The van der Waals surface area contributed by atoms with E-state index in [4.69, 9.17) is 33.5 Å². The van der Waals surface area contributed by atoms with Crippen LogP contribution in [-0.2, 0) is 38.0 Å². The lowest BCUT2D eigenvalue weighted by atomic mass is 10.1. The minimum atomic E-state index is -0.852. The van der Waals surface area contributed by atoms with Gasteiger partial charge in [-0.2, -0.15) is 0 Å². The molecule has 33 heavy (non-hydrogen) atoms. The van der Waals surface area contributed by atoms with E-state index in [1.54, 1.807) is 0 Å². The Morgan fingerprint density at radius 2 is 0.939 bits per heavy atom. The Morgan fingerprint density at radius 3 is 1.45 bits per heavy atom. The van der Waals surface area contributed by atoms with E-state index in [1.807, 2.05) is 0 Å². The van der Waals surface area contributed by atoms with Crippen molar-refractivity contribution in [2.45, 2.75) is 71.1 Å². The fourth-order valence-corrected chi connectivity index (χ4v) is 2.80. The molecule has 0 amide bonds. The zero-order valence-corrected chi connectivity index (χ0v) is 20.6. The number of carbonyl (C=O) groups excluding carboxylic acids is 1. The first-order chi connectivity index (χ1) is 16.2. The average Bonchev–Trinajstić information content (AvgIpc) is 2.80. The van der Waals surface area contributed by atoms with Gasteiger partial charge in [-0.3, -0.25) is 9.59 Å². The van der Waals surface area contributed by atoms with Crippen LogP contribution in [-0.4, -0.2) is 89.7 Å². The van der Waals surface area contributed by atoms with E-state index in [2.05, 4.69) is 6.92 Å². The van der Waals surface area contributed by atoms with Crippen molar-refractivity contribution in [3.63, 3.8) is 0 Å². The summed E-state index contributed by atoms with van der Waals surface area (Å²) >= 11 is 0. The molecule has 0 aromatic carbocycles. The maximum absolute atomic E-state index is 11.4. The predicted octanol–water partition coefficient (Wildman–Crippen LogP) is 3.62. The average molecular weight is 479 g/mol. The largest absolute Gasteiger partial charge is 0.481 e. The van der Waals surface area contributed by atoms with Crippen LogP contribution in [0.25, 0.3) is 0 Å². The molecule has 0 bridgehead atoms. The van der Waals surface area contributed by atoms with Crippen LogP contribution in [0.4, 0.5) is 0 Å². The molecule has 0 atom stereocenters. The second-order valence-corrected chi connectivity index (χ2v) is 7.65. The maximum atomic E-state index is 11.4. The Morgan fingerprint density at radius 1 is 0.515 bits per heavy atom. The SMILES string of the molecule is CCCCCCCCOCCOCCOCCOCCOCCOC(=O)CCCCC(=O)O. The maximum Gasteiger partial charge on any atom is 0.305 e. The first kappa shape index (κ1) is 31.7. The minimum absolute atomic E-state index is 0.0735. The molecule has 0 heterocycles. The highest BCUT2D eigenvalue weighted by Gasteiger charge is 2.04. The highest BCUT2D eigenvalue weighted by molar-refractivity contribution is 5.69. The van der Waals surface area contributed by atoms with Crippen molar-refractivity contribution in [1.29, 1.82) is 0 Å². The fourth-order valence-electron chi connectivity index (χ4n) is 2.80. The molecule has 196 valence electrons. The van der Waals surface area contributed by atoms with Gasteiger partial charge in [-0.1, -0.05) is 39.0 Å². The molecule has 0 aromatic heterocycles. The van der Waals surface area contributed by atoms with E-state index < -0.39 is 5.97 Å². The summed E-state index contributed by atoms with van der Waals surface area (Å²) in [5, 5.41) is 8.51. The van der Waals surface area contributed by atoms with Crippen LogP contribution in [0.1, 0.15) is 71.1 Å². The van der Waals surface area contributed by atoms with Gasteiger partial charge in [0.25, 0.3) is 0 Å². The summed E-state index contributed by atoms with van der Waals surface area (Å²) in [6.07, 6.45) is 8.92. The first-order valence-corrected chi connectivity index (χ1v) is 12.4. The number of hydrogen-bond donors (Lipinski definition) is 1. The molecule has 0 saturated heterocycles. The molecule has 0 saturated carbocycles. The predicted molar refractivity (Wildman–Crippen MR) is 125 cm³/mol. The van der Waals surface area contributed by atoms with Gasteiger partial charge in [0.1, 0.15) is 6.61 Å². The Kier molecular flexibility index (Phi) is 26.0. The summed E-state index contributed by atoms with van der Waals surface area (Å²) in [5.41, 5.74) is 0. The Hall–Kier alpha value is -1.26. The topological polar surface area (TPSA) is 110 Å². The molecule has 0 unspecified atom stereocenters. The van der Waals surface area contributed by atoms with Crippen molar-refractivity contribution < 1.29 is 43.1 Å². The summed E-state index contributed by atoms with van der Waals surface area (Å²) < 4.78 is 32.1. The number of carbonyl (C=O) groups is 2. The summed E-state index contributed by atoms with van der Waals surface area (Å²) in [6.45, 7) is 7.66. The van der Waals surface area contributed by atoms with E-state index in [0.717, 1.165) is 13.0 Å². The number of unbranched alkanes of at least 4 members (excludes halogenated alkanes) is 6. The number of esters is 1. The summed E-state index contributed by atoms with van der Waals surface area (Å²) in [7, 11) is 0. The molecule has 1 N–H and O–H groups in total. The zero-order chi connectivity index (χ0) is 24.2. The van der Waals surface area contributed by atoms with Gasteiger partial charge in [-0.05, 0) is 19.3 Å². The number of ether oxygens (including phenoxy) is 6. The van der Waals surface area contributed by atoms with Crippen molar-refractivity contribution in [1.82, 2.24) is 0 Å². The van der Waals surface area contributed by atoms with Gasteiger partial charge in [0.15, 0.2) is 0 Å². The summed E-state index contributed by atoms with van der Waals surface area (Å²) in [5.74, 6) is -1.18. The van der Waals surface area contributed by atoms with Crippen LogP contribution in [0, 0.1) is 0 Å². The minimum Gasteiger partial charge on any atom is -0.481 e. The first-order valence-electron chi connectivity index (χ1n) is 12.4. The molecule has 0 fully saturated rings. The van der Waals surface area contributed by atoms with Gasteiger partial charge in [-0.15, -0.1) is 0 Å². The van der Waals surface area contributed by atoms with Crippen LogP contribution in [0.3, 0.4) is 0 Å². The number of carboxylic acid groups (broad SMARTS) is 1. The Balaban J connectivity index is 3.10. The second-order valence-electron chi connectivity index (χ2n) is 7.65. The van der Waals surface area contributed by atoms with E-state index in [-0.39, 0.29) is 25.4 Å². The summed E-state index contributed by atoms with van der Waals surface area (Å²) in [6, 6.07) is 0. The lowest BCUT2D eigenvalue weighted by Crippen LogP contribution is -2.15. The highest BCUT2D eigenvalue weighted by Crippen LogP contribution is 2.04. The number of aliphatic carboxylic acids is 1. The van der Waals surface area contributed by atoms with Crippen LogP contribution < -0.4 is 0 Å². The monoisotopic (exact) mass is 478 g/mol. The molecule has 0 spiro atoms. The van der Waals surface area contributed by atoms with E-state index >= 15 is 0 Å². The van der Waals surface area contributed by atoms with E-state index in [0.29, 0.717) is 72.3 Å². The van der Waals surface area contributed by atoms with Crippen molar-refractivity contribution in [2.75, 3.05) is 72.7 Å². The molecular weight excluding hydrogens is 432 g/mol. The van der Waals surface area contributed by atoms with Crippen molar-refractivity contribution in [3.05, 3.63) is 0 Å². The second kappa shape index (κ2) is 27.0. The molecule has 0 radical (unpaired) electrons. The van der Waals surface area contributed by atoms with Gasteiger partial charge in [-0.25, -0.2) is 0 Å². The molecule has 9 heteroatoms. The van der Waals surface area contributed by atoms with Gasteiger partial charge in [0.05, 0.1) is 59.5 Å². The van der Waals surface area contributed by atoms with Crippen LogP contribution >= 0.6 is 0 Å². The molecule has 0 rings (SSSR count). The van der Waals surface area contributed by atoms with Gasteiger partial charge < -0.3 is 33.5 Å². The van der Waals surface area contributed by atoms with Gasteiger partial charge in [0, 0.05) is 19.4 Å². The third-order valence-corrected chi connectivity index (χ3v) is 4.64. The molecule has 0 aliphatic rings. The van der Waals surface area contributed by atoms with Gasteiger partial charge in [0.2, 0.25) is 0 Å². The van der Waals surface area contributed by atoms with Crippen molar-refractivity contribution in [3.8, 4) is 0 Å². The standard InChI is InChI=1S/C24H46O9/c1-2-3-4-5-6-9-12-28-13-14-29-15-16-30-17-18-31-19-20-32-21-22-33-24(27)11-8-7-10-23(25)26/h2-22H2,1H3,(H,25,26). The summed E-state index contributed by atoms with van der Waals surface area (Å²) in [4.78, 5) is 21.8. The number of hydrogen-bond acceptors (Lipinski definition) is 8. The van der Waals surface area contributed by atoms with Crippen LogP contribution in [0.2, 0.25) is 0 Å². The lowest BCUT2D eigenvalue weighted by Gasteiger charge is -2.08. The third kappa shape index (κ3) is 28.7. The van der Waals surface area contributed by atoms with E-state index in [9.17, 15) is 9.59 Å². The van der Waals surface area contributed by atoms with Crippen molar-refractivity contribution >= 4 is 11.9 Å². The lowest BCUT2D eigenvalue weighted by molar-refractivity contribution is -0.146. The fraction of sp³-hybridized carbons (Fsp3) is 0.917. The molecule has 0 aliphatic carbocycles. The molecule has 0 aromatic rings. The van der Waals surface area contributed by atoms with Crippen LogP contribution in [0.5, 0.6) is 0 Å². The van der Waals surface area contributed by atoms with Crippen LogP contribution in [0.15, 0.2) is 0 Å². The highest BCUT2D eigenvalue weighted by atomic mass is 16.6. The normalized spacial score (nSPS) is 11.1. The molecule has 0 aliphatic heterocycles. The Labute approximate surface area is 199 Å². The third-order valence-electron chi connectivity index (χ3n) is 4.64. The van der Waals surface area contributed by atoms with E-state index in [1.165, 1.54) is 32.1 Å². The molecular formula is C24H46O9. The Bertz CT molecular complexity index is 432. The number of rotatable bonds is 27.